The quantitative estimate of drug-likeness (QED) is 0.346. The zero-order chi connectivity index (χ0) is 23.5. The van der Waals surface area contributed by atoms with Crippen LogP contribution in [-0.2, 0) is 13.0 Å². The fourth-order valence-corrected chi connectivity index (χ4v) is 4.58. The number of benzene rings is 3. The summed E-state index contributed by atoms with van der Waals surface area (Å²) in [4.78, 5) is 29.7. The van der Waals surface area contributed by atoms with Crippen LogP contribution in [0.2, 0.25) is 0 Å². The highest BCUT2D eigenvalue weighted by atomic mass is 32.1. The third-order valence-electron chi connectivity index (χ3n) is 5.54. The topological polar surface area (TPSA) is 72.2 Å². The molecule has 0 saturated carbocycles. The number of hydrogen-bond donors (Lipinski definition) is 1. The molecule has 1 amide bonds. The van der Waals surface area contributed by atoms with Crippen molar-refractivity contribution in [3.8, 4) is 11.3 Å². The first kappa shape index (κ1) is 21.8. The minimum atomic E-state index is -0.181. The molecule has 0 bridgehead atoms. The molecule has 1 N–H and O–H groups in total. The number of carbonyl (C=O) groups excluding carboxylic acids is 1. The van der Waals surface area contributed by atoms with Crippen LogP contribution in [0.5, 0.6) is 0 Å². The number of fused-ring (bicyclic) bond motifs is 1. The molecule has 0 fully saturated rings. The summed E-state index contributed by atoms with van der Waals surface area (Å²) in [6.45, 7) is 2.31. The van der Waals surface area contributed by atoms with Gasteiger partial charge in [-0.25, -0.2) is 4.98 Å². The molecule has 0 unspecified atom stereocenters. The Morgan fingerprint density at radius 2 is 1.79 bits per heavy atom. The summed E-state index contributed by atoms with van der Waals surface area (Å²) < 4.78 is 5.93. The SMILES string of the molecule is Cc1ccc2oc(-c3ccc(C(=O)NCc4csc(Cc5ccccc5)n4)cc3)cc(=O)c2c1. The van der Waals surface area contributed by atoms with Crippen molar-refractivity contribution in [3.63, 3.8) is 0 Å². The molecular weight excluding hydrogens is 444 g/mol. The molecule has 0 aliphatic heterocycles. The Morgan fingerprint density at radius 1 is 1.00 bits per heavy atom. The maximum atomic E-state index is 12.6. The number of amides is 1. The number of nitrogens with zero attached hydrogens (tertiary/aromatic N) is 1. The number of hydrogen-bond acceptors (Lipinski definition) is 5. The predicted molar refractivity (Wildman–Crippen MR) is 135 cm³/mol. The van der Waals surface area contributed by atoms with Crippen molar-refractivity contribution >= 4 is 28.2 Å². The van der Waals surface area contributed by atoms with Gasteiger partial charge in [-0.2, -0.15) is 0 Å². The van der Waals surface area contributed by atoms with Gasteiger partial charge < -0.3 is 9.73 Å². The number of nitrogens with one attached hydrogen (secondary N) is 1. The summed E-state index contributed by atoms with van der Waals surface area (Å²) in [5.41, 5.74) is 4.79. The molecule has 0 radical (unpaired) electrons. The van der Waals surface area contributed by atoms with Crippen LogP contribution in [0.15, 0.2) is 93.5 Å². The van der Waals surface area contributed by atoms with Gasteiger partial charge in [0.25, 0.3) is 5.91 Å². The van der Waals surface area contributed by atoms with Gasteiger partial charge in [0, 0.05) is 29.0 Å². The van der Waals surface area contributed by atoms with Gasteiger partial charge in [0.05, 0.1) is 22.6 Å². The summed E-state index contributed by atoms with van der Waals surface area (Å²) in [7, 11) is 0. The van der Waals surface area contributed by atoms with E-state index >= 15 is 0 Å². The molecule has 168 valence electrons. The smallest absolute Gasteiger partial charge is 0.251 e. The lowest BCUT2D eigenvalue weighted by Crippen LogP contribution is -2.22. The van der Waals surface area contributed by atoms with Crippen LogP contribution in [0.25, 0.3) is 22.3 Å². The van der Waals surface area contributed by atoms with Crippen molar-refractivity contribution in [1.82, 2.24) is 10.3 Å². The van der Waals surface area contributed by atoms with E-state index in [1.165, 1.54) is 11.6 Å². The molecule has 5 aromatic rings. The Bertz CT molecular complexity index is 1520. The third-order valence-corrected chi connectivity index (χ3v) is 6.44. The zero-order valence-electron chi connectivity index (χ0n) is 18.6. The Labute approximate surface area is 200 Å². The molecule has 0 aliphatic rings. The summed E-state index contributed by atoms with van der Waals surface area (Å²) in [5, 5.41) is 6.48. The molecule has 34 heavy (non-hydrogen) atoms. The van der Waals surface area contributed by atoms with Crippen LogP contribution in [0.3, 0.4) is 0 Å². The standard InChI is InChI=1S/C28H22N2O3S/c1-18-7-12-25-23(13-18)24(31)15-26(33-25)20-8-10-21(11-9-20)28(32)29-16-22-17-34-27(30-22)14-19-5-3-2-4-6-19/h2-13,15,17H,14,16H2,1H3,(H,29,32). The molecule has 0 aliphatic carbocycles. The predicted octanol–water partition coefficient (Wildman–Crippen LogP) is 5.75. The van der Waals surface area contributed by atoms with Crippen molar-refractivity contribution in [2.24, 2.45) is 0 Å². The van der Waals surface area contributed by atoms with E-state index in [0.717, 1.165) is 28.2 Å². The summed E-state index contributed by atoms with van der Waals surface area (Å²) in [6.07, 6.45) is 0.783. The highest BCUT2D eigenvalue weighted by molar-refractivity contribution is 7.09. The maximum absolute atomic E-state index is 12.6. The molecule has 2 aromatic heterocycles. The Kier molecular flexibility index (Phi) is 6.06. The van der Waals surface area contributed by atoms with Gasteiger partial charge in [0.1, 0.15) is 11.3 Å². The van der Waals surface area contributed by atoms with E-state index in [4.69, 9.17) is 4.42 Å². The second-order valence-corrected chi connectivity index (χ2v) is 9.07. The van der Waals surface area contributed by atoms with Crippen LogP contribution in [-0.4, -0.2) is 10.9 Å². The van der Waals surface area contributed by atoms with Gasteiger partial charge in [-0.1, -0.05) is 54.1 Å². The van der Waals surface area contributed by atoms with Crippen molar-refractivity contribution in [2.45, 2.75) is 19.9 Å². The number of carbonyl (C=O) groups is 1. The molecule has 6 heteroatoms. The van der Waals surface area contributed by atoms with Crippen LogP contribution in [0.4, 0.5) is 0 Å². The number of aryl methyl sites for hydroxylation is 1. The van der Waals surface area contributed by atoms with Crippen LogP contribution in [0.1, 0.15) is 32.2 Å². The van der Waals surface area contributed by atoms with Gasteiger partial charge in [0.2, 0.25) is 0 Å². The lowest BCUT2D eigenvalue weighted by Gasteiger charge is -2.06. The van der Waals surface area contributed by atoms with E-state index in [1.807, 2.05) is 42.6 Å². The number of aromatic nitrogens is 1. The number of thiazole rings is 1. The van der Waals surface area contributed by atoms with Crippen LogP contribution in [0, 0.1) is 6.92 Å². The van der Waals surface area contributed by atoms with E-state index in [1.54, 1.807) is 41.7 Å². The first-order valence-electron chi connectivity index (χ1n) is 11.0. The average Bonchev–Trinajstić information content (AvgIpc) is 3.31. The zero-order valence-corrected chi connectivity index (χ0v) is 19.4. The van der Waals surface area contributed by atoms with E-state index in [9.17, 15) is 9.59 Å². The fraction of sp³-hybridized carbons (Fsp3) is 0.107. The summed E-state index contributed by atoms with van der Waals surface area (Å²) >= 11 is 1.60. The van der Waals surface area contributed by atoms with Gasteiger partial charge in [-0.3, -0.25) is 9.59 Å². The lowest BCUT2D eigenvalue weighted by atomic mass is 10.1. The highest BCUT2D eigenvalue weighted by Gasteiger charge is 2.11. The minimum Gasteiger partial charge on any atom is -0.456 e. The molecule has 0 spiro atoms. The minimum absolute atomic E-state index is 0.0864. The van der Waals surface area contributed by atoms with E-state index in [2.05, 4.69) is 22.4 Å². The van der Waals surface area contributed by atoms with Crippen molar-refractivity contribution < 1.29 is 9.21 Å². The molecular formula is C28H22N2O3S. The van der Waals surface area contributed by atoms with E-state index in [0.29, 0.717) is 28.8 Å². The molecule has 5 rings (SSSR count). The first-order valence-corrected chi connectivity index (χ1v) is 11.8. The van der Waals surface area contributed by atoms with E-state index < -0.39 is 0 Å². The first-order chi connectivity index (χ1) is 16.5. The van der Waals surface area contributed by atoms with Crippen LogP contribution >= 0.6 is 11.3 Å². The summed E-state index contributed by atoms with van der Waals surface area (Å²) in [6, 6.07) is 24.3. The normalized spacial score (nSPS) is 11.0. The van der Waals surface area contributed by atoms with Crippen molar-refractivity contribution in [1.29, 1.82) is 0 Å². The molecule has 5 nitrogen and oxygen atoms in total. The third kappa shape index (κ3) is 4.82. The largest absolute Gasteiger partial charge is 0.456 e. The Hall–Kier alpha value is -4.03. The lowest BCUT2D eigenvalue weighted by molar-refractivity contribution is 0.0950. The van der Waals surface area contributed by atoms with Crippen LogP contribution < -0.4 is 10.7 Å². The molecule has 0 atom stereocenters. The summed E-state index contributed by atoms with van der Waals surface area (Å²) in [5.74, 6) is 0.293. The highest BCUT2D eigenvalue weighted by Crippen LogP contribution is 2.23. The second-order valence-electron chi connectivity index (χ2n) is 8.13. The molecule has 2 heterocycles. The fourth-order valence-electron chi connectivity index (χ4n) is 3.75. The van der Waals surface area contributed by atoms with Crippen molar-refractivity contribution in [2.75, 3.05) is 0 Å². The monoisotopic (exact) mass is 466 g/mol. The second kappa shape index (κ2) is 9.45. The molecule has 0 saturated heterocycles. The average molecular weight is 467 g/mol. The maximum Gasteiger partial charge on any atom is 0.251 e. The Morgan fingerprint density at radius 3 is 2.59 bits per heavy atom. The Balaban J connectivity index is 1.24. The van der Waals surface area contributed by atoms with Gasteiger partial charge >= 0.3 is 0 Å². The van der Waals surface area contributed by atoms with Gasteiger partial charge in [-0.05, 0) is 36.8 Å². The van der Waals surface area contributed by atoms with E-state index in [-0.39, 0.29) is 11.3 Å². The molecule has 3 aromatic carbocycles. The van der Waals surface area contributed by atoms with Gasteiger partial charge in [0.15, 0.2) is 5.43 Å². The number of rotatable bonds is 6. The van der Waals surface area contributed by atoms with Gasteiger partial charge in [-0.15, -0.1) is 11.3 Å². The van der Waals surface area contributed by atoms with Crippen molar-refractivity contribution in [3.05, 3.63) is 122 Å².